The van der Waals surface area contributed by atoms with E-state index in [0.29, 0.717) is 29.3 Å². The van der Waals surface area contributed by atoms with Crippen LogP contribution in [-0.4, -0.2) is 67.0 Å². The second-order valence-corrected chi connectivity index (χ2v) is 9.39. The Hall–Kier alpha value is -2.73. The molecule has 0 spiro atoms. The Morgan fingerprint density at radius 1 is 1.25 bits per heavy atom. The predicted molar refractivity (Wildman–Crippen MR) is 128 cm³/mol. The van der Waals surface area contributed by atoms with Gasteiger partial charge in [-0.05, 0) is 67.3 Å². The molecule has 2 N–H and O–H groups in total. The van der Waals surface area contributed by atoms with Crippen LogP contribution in [-0.2, 0) is 30.3 Å². The van der Waals surface area contributed by atoms with Crippen LogP contribution in [0, 0.1) is 17.8 Å². The second-order valence-electron chi connectivity index (χ2n) is 9.39. The Kier molecular flexibility index (Phi) is 8.14. The van der Waals surface area contributed by atoms with Crippen LogP contribution in [0.1, 0.15) is 44.1 Å². The number of ether oxygens (including phenoxy) is 2. The number of amides is 3. The van der Waals surface area contributed by atoms with Gasteiger partial charge < -0.3 is 28.7 Å². The highest BCUT2D eigenvalue weighted by Gasteiger charge is 2.59. The highest BCUT2D eigenvalue weighted by molar-refractivity contribution is 6.43. The quantitative estimate of drug-likeness (QED) is 0.313. The van der Waals surface area contributed by atoms with Crippen LogP contribution in [0.5, 0.6) is 0 Å². The molecular formula is C25H32BNO9. The lowest BCUT2D eigenvalue weighted by molar-refractivity contribution is -0.137. The summed E-state index contributed by atoms with van der Waals surface area (Å²) in [6.45, 7) is 2.13. The lowest BCUT2D eigenvalue weighted by Crippen LogP contribution is -2.46. The molecule has 0 bridgehead atoms. The highest BCUT2D eigenvalue weighted by atomic mass is 16.5. The van der Waals surface area contributed by atoms with E-state index in [1.165, 1.54) is 0 Å². The summed E-state index contributed by atoms with van der Waals surface area (Å²) in [5, 5.41) is 19.8. The fourth-order valence-corrected chi connectivity index (χ4v) is 5.77. The number of allylic oxidation sites excluding steroid dienone is 1. The molecule has 4 atom stereocenters. The van der Waals surface area contributed by atoms with Crippen molar-refractivity contribution < 1.29 is 43.1 Å². The molecule has 36 heavy (non-hydrogen) atoms. The first-order valence-electron chi connectivity index (χ1n) is 12.2. The van der Waals surface area contributed by atoms with Gasteiger partial charge in [-0.3, -0.25) is 9.59 Å². The summed E-state index contributed by atoms with van der Waals surface area (Å²) in [7, 11) is 1.59. The van der Waals surface area contributed by atoms with E-state index in [1.807, 2.05) is 13.0 Å². The van der Waals surface area contributed by atoms with E-state index in [0.717, 1.165) is 30.2 Å². The van der Waals surface area contributed by atoms with Crippen LogP contribution in [0.15, 0.2) is 33.3 Å². The number of hydrogen-bond donors (Lipinski definition) is 2. The van der Waals surface area contributed by atoms with Crippen LogP contribution in [0.2, 0.25) is 6.32 Å². The van der Waals surface area contributed by atoms with Gasteiger partial charge in [0.05, 0.1) is 31.7 Å². The molecule has 0 radical (unpaired) electrons. The fourth-order valence-electron chi connectivity index (χ4n) is 5.77. The average Bonchev–Trinajstić information content (AvgIpc) is 3.42. The molecule has 2 saturated heterocycles. The third-order valence-corrected chi connectivity index (χ3v) is 7.35. The number of aliphatic hydroxyl groups excluding tert-OH is 1. The molecule has 1 aromatic heterocycles. The number of rotatable bonds is 8. The van der Waals surface area contributed by atoms with Gasteiger partial charge in [-0.2, -0.15) is 4.90 Å². The zero-order valence-corrected chi connectivity index (χ0v) is 20.8. The molecular weight excluding hydrogens is 469 g/mol. The summed E-state index contributed by atoms with van der Waals surface area (Å²) in [6, 6.07) is 3.52. The van der Waals surface area contributed by atoms with Crippen LogP contribution in [0.4, 0.5) is 4.79 Å². The number of imide groups is 3. The maximum absolute atomic E-state index is 13.2. The van der Waals surface area contributed by atoms with E-state index >= 15 is 0 Å². The lowest BCUT2D eigenvalue weighted by atomic mass is 9.58. The molecule has 4 rings (SSSR count). The Labute approximate surface area is 210 Å². The van der Waals surface area contributed by atoms with Gasteiger partial charge in [-0.1, -0.05) is 12.5 Å². The minimum Gasteiger partial charge on any atom is -0.459 e. The summed E-state index contributed by atoms with van der Waals surface area (Å²) in [5.41, 5.74) is 2.85. The van der Waals surface area contributed by atoms with E-state index < -0.39 is 48.9 Å². The molecule has 1 aromatic rings. The van der Waals surface area contributed by atoms with Gasteiger partial charge in [0.2, 0.25) is 11.8 Å². The Morgan fingerprint density at radius 3 is 2.67 bits per heavy atom. The average molecular weight is 501 g/mol. The third kappa shape index (κ3) is 4.93. The smallest absolute Gasteiger partial charge is 0.455 e. The minimum absolute atomic E-state index is 0.154. The van der Waals surface area contributed by atoms with E-state index in [4.69, 9.17) is 13.8 Å². The van der Waals surface area contributed by atoms with Crippen molar-refractivity contribution >= 4 is 31.1 Å². The maximum atomic E-state index is 13.2. The van der Waals surface area contributed by atoms with Crippen molar-refractivity contribution in [2.24, 2.45) is 17.8 Å². The third-order valence-electron chi connectivity index (χ3n) is 7.35. The van der Waals surface area contributed by atoms with Crippen molar-refractivity contribution in [1.82, 2.24) is 4.90 Å². The number of methoxy groups -OCH3 is 2. The Bertz CT molecular complexity index is 1080. The summed E-state index contributed by atoms with van der Waals surface area (Å²) in [5.74, 6) is -1.92. The molecule has 3 heterocycles. The monoisotopic (exact) mass is 501 g/mol. The number of carbonyl (C=O) groups excluding carboxylic acids is 3. The molecule has 1 aliphatic carbocycles. The minimum atomic E-state index is -1.10. The lowest BCUT2D eigenvalue weighted by Gasteiger charge is -2.43. The standard InChI is InChI=1S/C25H32BNO9/c1-4-14(9-16-6-7-17(12-28)35-16)5-8-20-21-15(13-33-2)10-18-22(19(21)11-26(32)36-20)24(30)27(23(18)29)25(31)34-3/h6-7,9,18-20,22,28,32H,4-5,8,10-13H2,1-3H3/b14-9+/t18-,19+,20-,22-/m1/s1. The van der Waals surface area contributed by atoms with Crippen molar-refractivity contribution in [3.63, 3.8) is 0 Å². The first kappa shape index (κ1) is 26.3. The number of nitrogens with zero attached hydrogens (tertiary/aromatic N) is 1. The number of aliphatic hydroxyl groups is 1. The molecule has 10 nitrogen and oxygen atoms in total. The molecule has 11 heteroatoms. The number of likely N-dealkylation sites (tertiary alicyclic amines) is 1. The summed E-state index contributed by atoms with van der Waals surface area (Å²) in [6.07, 6.45) is 2.87. The summed E-state index contributed by atoms with van der Waals surface area (Å²) >= 11 is 0. The van der Waals surface area contributed by atoms with Crippen LogP contribution < -0.4 is 0 Å². The van der Waals surface area contributed by atoms with Crippen molar-refractivity contribution in [3.8, 4) is 0 Å². The zero-order chi connectivity index (χ0) is 26.0. The van der Waals surface area contributed by atoms with Crippen LogP contribution in [0.25, 0.3) is 6.08 Å². The maximum Gasteiger partial charge on any atom is 0.455 e. The number of hydrogen-bond acceptors (Lipinski definition) is 9. The first-order chi connectivity index (χ1) is 17.3. The summed E-state index contributed by atoms with van der Waals surface area (Å²) in [4.78, 5) is 39.0. The Balaban J connectivity index is 1.61. The van der Waals surface area contributed by atoms with E-state index in [1.54, 1.807) is 19.2 Å². The molecule has 194 valence electrons. The first-order valence-corrected chi connectivity index (χ1v) is 12.2. The van der Waals surface area contributed by atoms with Crippen LogP contribution >= 0.6 is 0 Å². The predicted octanol–water partition coefficient (Wildman–Crippen LogP) is 2.56. The molecule has 2 aliphatic heterocycles. The zero-order valence-electron chi connectivity index (χ0n) is 20.8. The van der Waals surface area contributed by atoms with Gasteiger partial charge in [-0.25, -0.2) is 4.79 Å². The van der Waals surface area contributed by atoms with Gasteiger partial charge in [-0.15, -0.1) is 0 Å². The van der Waals surface area contributed by atoms with Gasteiger partial charge in [0, 0.05) is 7.11 Å². The highest BCUT2D eigenvalue weighted by Crippen LogP contribution is 2.50. The molecule has 3 amide bonds. The van der Waals surface area contributed by atoms with Gasteiger partial charge in [0.15, 0.2) is 0 Å². The number of fused-ring (bicyclic) bond motifs is 3. The fraction of sp³-hybridized carbons (Fsp3) is 0.560. The molecule has 2 fully saturated rings. The van der Waals surface area contributed by atoms with Gasteiger partial charge in [0.1, 0.15) is 18.1 Å². The van der Waals surface area contributed by atoms with E-state index in [2.05, 4.69) is 4.74 Å². The number of carbonyl (C=O) groups is 3. The summed E-state index contributed by atoms with van der Waals surface area (Å²) < 4.78 is 21.6. The van der Waals surface area contributed by atoms with Gasteiger partial charge >= 0.3 is 13.2 Å². The van der Waals surface area contributed by atoms with Gasteiger partial charge in [0.25, 0.3) is 0 Å². The largest absolute Gasteiger partial charge is 0.459 e. The van der Waals surface area contributed by atoms with Crippen molar-refractivity contribution in [3.05, 3.63) is 40.4 Å². The van der Waals surface area contributed by atoms with E-state index in [-0.39, 0.29) is 26.0 Å². The molecule has 0 aromatic carbocycles. The number of furan rings is 1. The van der Waals surface area contributed by atoms with Crippen molar-refractivity contribution in [1.29, 1.82) is 0 Å². The van der Waals surface area contributed by atoms with Crippen molar-refractivity contribution in [2.75, 3.05) is 20.8 Å². The Morgan fingerprint density at radius 2 is 2.03 bits per heavy atom. The molecule has 0 saturated carbocycles. The second kappa shape index (κ2) is 11.1. The van der Waals surface area contributed by atoms with Crippen LogP contribution in [0.3, 0.4) is 0 Å². The van der Waals surface area contributed by atoms with E-state index in [9.17, 15) is 24.5 Å². The van der Waals surface area contributed by atoms with Crippen molar-refractivity contribution in [2.45, 2.75) is 51.6 Å². The molecule has 0 unspecified atom stereocenters. The topological polar surface area (TPSA) is 136 Å². The SMILES string of the molecule is CC/C(=C\c1ccc(CO)o1)CC[C@H]1OB(O)C[C@H]2C1=C(COC)C[C@H]1C(=O)N(C(=O)OC)C(=O)[C@H]12. The normalized spacial score (nSPS) is 26.4. The molecule has 3 aliphatic rings.